The van der Waals surface area contributed by atoms with Gasteiger partial charge in [0.25, 0.3) is 17.7 Å². The Morgan fingerprint density at radius 1 is 0.700 bits per heavy atom. The maximum Gasteiger partial charge on any atom is 0.288 e. The lowest BCUT2D eigenvalue weighted by molar-refractivity contribution is -0.132. The molecule has 168 valence electrons. The summed E-state index contributed by atoms with van der Waals surface area (Å²) in [4.78, 5) is 74.8. The molecule has 0 aromatic carbocycles. The molecular formula is C15H22N4O11. The third-order valence-corrected chi connectivity index (χ3v) is 3.37. The number of nitrogens with one attached hydrogen (secondary N) is 1. The van der Waals surface area contributed by atoms with Gasteiger partial charge in [0.2, 0.25) is 5.91 Å². The van der Waals surface area contributed by atoms with Crippen molar-refractivity contribution < 1.29 is 38.5 Å². The van der Waals surface area contributed by atoms with E-state index >= 15 is 0 Å². The second-order valence-corrected chi connectivity index (χ2v) is 5.85. The van der Waals surface area contributed by atoms with E-state index in [1.165, 1.54) is 0 Å². The molecule has 0 aliphatic heterocycles. The number of hydrogen-bond donors (Lipinski definition) is 2. The molecule has 0 heterocycles. The second-order valence-electron chi connectivity index (χ2n) is 5.85. The van der Waals surface area contributed by atoms with Gasteiger partial charge in [0.05, 0.1) is 58.9 Å². The van der Waals surface area contributed by atoms with E-state index in [1.807, 2.05) is 0 Å². The standard InChI is InChI=1S/C15H22N4O11/c20-7-14(24)16-15(8-28-4-1-11(21)17-25,9-29-5-2-12(22)18-26)10-30-6-3-13(23)19-27/h20H,1-10H2,(H,16,24). The Labute approximate surface area is 169 Å². The lowest BCUT2D eigenvalue weighted by Gasteiger charge is -2.34. The first-order valence-electron chi connectivity index (χ1n) is 8.56. The number of aliphatic hydroxyl groups is 1. The number of carbonyl (C=O) groups excluding carboxylic acids is 4. The molecule has 0 radical (unpaired) electrons. The largest absolute Gasteiger partial charge is 0.387 e. The van der Waals surface area contributed by atoms with Gasteiger partial charge in [0.15, 0.2) is 0 Å². The predicted octanol–water partition coefficient (Wildman–Crippen LogP) is -1.07. The molecule has 0 aromatic rings. The first-order valence-corrected chi connectivity index (χ1v) is 8.56. The Hall–Kier alpha value is -2.88. The number of carbonyl (C=O) groups is 4. The molecule has 15 heteroatoms. The SMILES string of the molecule is O=NC(=O)CCOCC(COCCC(=O)N=O)(COCCC(=O)N=O)NC(=O)CO. The van der Waals surface area contributed by atoms with Gasteiger partial charge in [-0.3, -0.25) is 19.2 Å². The monoisotopic (exact) mass is 434 g/mol. The Kier molecular flexibility index (Phi) is 14.4. The fourth-order valence-corrected chi connectivity index (χ4v) is 1.99. The number of amides is 4. The number of hydrogen-bond acceptors (Lipinski definition) is 11. The maximum absolute atomic E-state index is 11.7. The summed E-state index contributed by atoms with van der Waals surface area (Å²) in [5.41, 5.74) is -1.45. The van der Waals surface area contributed by atoms with Crippen LogP contribution in [0.2, 0.25) is 0 Å². The van der Waals surface area contributed by atoms with Gasteiger partial charge in [-0.2, -0.15) is 0 Å². The molecule has 0 saturated heterocycles. The second kappa shape index (κ2) is 16.0. The topological polar surface area (TPSA) is 217 Å². The van der Waals surface area contributed by atoms with Crippen molar-refractivity contribution in [2.24, 2.45) is 15.5 Å². The van der Waals surface area contributed by atoms with Crippen molar-refractivity contribution in [2.75, 3.05) is 46.2 Å². The molecule has 0 bridgehead atoms. The number of nitroso groups, excluding NO2 is 3. The number of aliphatic hydroxyl groups excluding tert-OH is 1. The van der Waals surface area contributed by atoms with Crippen molar-refractivity contribution in [3.63, 3.8) is 0 Å². The zero-order chi connectivity index (χ0) is 22.8. The molecule has 2 N–H and O–H groups in total. The van der Waals surface area contributed by atoms with Crippen molar-refractivity contribution in [1.82, 2.24) is 5.32 Å². The molecule has 0 aliphatic rings. The van der Waals surface area contributed by atoms with E-state index in [1.54, 1.807) is 0 Å². The van der Waals surface area contributed by atoms with Crippen LogP contribution in [0, 0.1) is 14.7 Å². The van der Waals surface area contributed by atoms with Crippen molar-refractivity contribution in [2.45, 2.75) is 24.8 Å². The summed E-state index contributed by atoms with van der Waals surface area (Å²) >= 11 is 0. The summed E-state index contributed by atoms with van der Waals surface area (Å²) in [6.45, 7) is -2.58. The van der Waals surface area contributed by atoms with Crippen molar-refractivity contribution in [1.29, 1.82) is 0 Å². The number of ether oxygens (including phenoxy) is 3. The Bertz CT molecular complexity index is 556. The van der Waals surface area contributed by atoms with E-state index in [0.717, 1.165) is 0 Å². The molecule has 0 spiro atoms. The van der Waals surface area contributed by atoms with Crippen molar-refractivity contribution in [3.05, 3.63) is 14.7 Å². The van der Waals surface area contributed by atoms with E-state index in [2.05, 4.69) is 20.8 Å². The minimum absolute atomic E-state index is 0.234. The highest BCUT2D eigenvalue weighted by Gasteiger charge is 2.33. The summed E-state index contributed by atoms with van der Waals surface area (Å²) in [6, 6.07) is 0. The Morgan fingerprint density at radius 3 is 1.30 bits per heavy atom. The van der Waals surface area contributed by atoms with Crippen LogP contribution in [0.15, 0.2) is 15.5 Å². The average Bonchev–Trinajstić information content (AvgIpc) is 2.76. The van der Waals surface area contributed by atoms with Gasteiger partial charge in [0, 0.05) is 15.5 Å². The molecule has 0 fully saturated rings. The van der Waals surface area contributed by atoms with Crippen LogP contribution >= 0.6 is 0 Å². The summed E-state index contributed by atoms with van der Waals surface area (Å²) in [7, 11) is 0. The number of nitrogens with zero attached hydrogens (tertiary/aromatic N) is 3. The van der Waals surface area contributed by atoms with E-state index in [-0.39, 0.29) is 58.9 Å². The third kappa shape index (κ3) is 12.6. The van der Waals surface area contributed by atoms with Gasteiger partial charge in [0.1, 0.15) is 12.1 Å². The zero-order valence-electron chi connectivity index (χ0n) is 15.9. The van der Waals surface area contributed by atoms with Gasteiger partial charge in [-0.25, -0.2) is 0 Å². The molecule has 0 aromatic heterocycles. The van der Waals surface area contributed by atoms with Crippen LogP contribution in [0.1, 0.15) is 19.3 Å². The molecule has 0 saturated carbocycles. The molecule has 0 atom stereocenters. The summed E-state index contributed by atoms with van der Waals surface area (Å²) in [5, 5.41) is 18.0. The quantitative estimate of drug-likeness (QED) is 0.207. The normalized spacial score (nSPS) is 10.8. The molecule has 15 nitrogen and oxygen atoms in total. The minimum Gasteiger partial charge on any atom is -0.387 e. The summed E-state index contributed by atoms with van der Waals surface area (Å²) < 4.78 is 15.8. The van der Waals surface area contributed by atoms with Crippen LogP contribution in [-0.2, 0) is 33.4 Å². The van der Waals surface area contributed by atoms with E-state index in [9.17, 15) is 33.9 Å². The third-order valence-electron chi connectivity index (χ3n) is 3.37. The van der Waals surface area contributed by atoms with Crippen molar-refractivity contribution in [3.8, 4) is 0 Å². The molecule has 0 rings (SSSR count). The van der Waals surface area contributed by atoms with Crippen LogP contribution < -0.4 is 5.32 Å². The van der Waals surface area contributed by atoms with Gasteiger partial charge < -0.3 is 24.6 Å². The van der Waals surface area contributed by atoms with Gasteiger partial charge in [-0.15, -0.1) is 14.7 Å². The van der Waals surface area contributed by atoms with Crippen LogP contribution in [0.4, 0.5) is 0 Å². The lowest BCUT2D eigenvalue weighted by Crippen LogP contribution is -2.59. The van der Waals surface area contributed by atoms with Crippen LogP contribution in [-0.4, -0.2) is 80.5 Å². The number of rotatable bonds is 17. The Balaban J connectivity index is 5.08. The smallest absolute Gasteiger partial charge is 0.288 e. The van der Waals surface area contributed by atoms with E-state index in [4.69, 9.17) is 19.3 Å². The molecule has 30 heavy (non-hydrogen) atoms. The van der Waals surface area contributed by atoms with E-state index < -0.39 is 35.8 Å². The van der Waals surface area contributed by atoms with Gasteiger partial charge in [-0.05, 0) is 0 Å². The fourth-order valence-electron chi connectivity index (χ4n) is 1.99. The van der Waals surface area contributed by atoms with Crippen LogP contribution in [0.25, 0.3) is 0 Å². The summed E-state index contributed by atoms with van der Waals surface area (Å²) in [5.74, 6) is -3.69. The lowest BCUT2D eigenvalue weighted by atomic mass is 10.0. The molecule has 4 amide bonds. The first-order chi connectivity index (χ1) is 14.3. The highest BCUT2D eigenvalue weighted by molar-refractivity contribution is 5.78. The highest BCUT2D eigenvalue weighted by Crippen LogP contribution is 2.11. The molecular weight excluding hydrogens is 412 g/mol. The van der Waals surface area contributed by atoms with Gasteiger partial charge in [-0.1, -0.05) is 0 Å². The molecule has 0 unspecified atom stereocenters. The van der Waals surface area contributed by atoms with Crippen LogP contribution in [0.5, 0.6) is 0 Å². The predicted molar refractivity (Wildman–Crippen MR) is 96.7 cm³/mol. The van der Waals surface area contributed by atoms with E-state index in [0.29, 0.717) is 0 Å². The first kappa shape index (κ1) is 27.1. The Morgan fingerprint density at radius 2 is 1.03 bits per heavy atom. The minimum atomic E-state index is -1.45. The summed E-state index contributed by atoms with van der Waals surface area (Å²) in [6.07, 6.45) is -0.975. The van der Waals surface area contributed by atoms with Crippen LogP contribution in [0.3, 0.4) is 0 Å². The van der Waals surface area contributed by atoms with Gasteiger partial charge >= 0.3 is 0 Å². The highest BCUT2D eigenvalue weighted by atomic mass is 16.5. The average molecular weight is 434 g/mol. The maximum atomic E-state index is 11.7. The fraction of sp³-hybridized carbons (Fsp3) is 0.733. The van der Waals surface area contributed by atoms with Crippen molar-refractivity contribution >= 4 is 23.6 Å². The zero-order valence-corrected chi connectivity index (χ0v) is 15.9. The molecule has 0 aliphatic carbocycles.